The maximum Gasteiger partial charge on any atom is 0.306 e. The molecule has 2 rings (SSSR count). The number of carboxylic acids is 1. The molecule has 1 saturated carbocycles. The van der Waals surface area contributed by atoms with Crippen LogP contribution < -0.4 is 5.32 Å². The molecule has 1 amide bonds. The van der Waals surface area contributed by atoms with Crippen molar-refractivity contribution in [2.75, 3.05) is 11.9 Å². The Kier molecular flexibility index (Phi) is 4.74. The molecule has 2 atom stereocenters. The van der Waals surface area contributed by atoms with E-state index in [0.29, 0.717) is 31.4 Å². The molecule has 5 nitrogen and oxygen atoms in total. The molecule has 5 heteroatoms. The third kappa shape index (κ3) is 3.57. The molecular formula is C15H19NO4. The highest BCUT2D eigenvalue weighted by Crippen LogP contribution is 2.31. The van der Waals surface area contributed by atoms with Gasteiger partial charge in [-0.05, 0) is 43.4 Å². The molecule has 0 aromatic heterocycles. The van der Waals surface area contributed by atoms with Gasteiger partial charge in [0.2, 0.25) is 5.91 Å². The first-order valence-electron chi connectivity index (χ1n) is 6.83. The van der Waals surface area contributed by atoms with Crippen molar-refractivity contribution in [1.29, 1.82) is 0 Å². The number of carbonyl (C=O) groups excluding carboxylic acids is 1. The average Bonchev–Trinajstić information content (AvgIpc) is 2.91. The molecule has 3 N–H and O–H groups in total. The Labute approximate surface area is 117 Å². The number of anilines is 1. The standard InChI is InChI=1S/C15H19NO4/c17-8-7-10-1-5-13(6-2-10)16-14(18)11-3-4-12(9-11)15(19)20/h1-2,5-6,11-12,17H,3-4,7-9H2,(H,16,18)(H,19,20). The zero-order valence-electron chi connectivity index (χ0n) is 11.2. The minimum atomic E-state index is -0.811. The van der Waals surface area contributed by atoms with Gasteiger partial charge in [0.15, 0.2) is 0 Å². The molecule has 0 spiro atoms. The smallest absolute Gasteiger partial charge is 0.306 e. The van der Waals surface area contributed by atoms with Crippen LogP contribution in [0.1, 0.15) is 24.8 Å². The highest BCUT2D eigenvalue weighted by atomic mass is 16.4. The quantitative estimate of drug-likeness (QED) is 0.764. The van der Waals surface area contributed by atoms with E-state index in [1.54, 1.807) is 12.1 Å². The number of nitrogens with one attached hydrogen (secondary N) is 1. The number of amides is 1. The monoisotopic (exact) mass is 277 g/mol. The second-order valence-electron chi connectivity index (χ2n) is 5.20. The minimum absolute atomic E-state index is 0.102. The maximum absolute atomic E-state index is 12.0. The van der Waals surface area contributed by atoms with Crippen molar-refractivity contribution < 1.29 is 19.8 Å². The SMILES string of the molecule is O=C(O)C1CCC(C(=O)Nc2ccc(CCO)cc2)C1. The first-order chi connectivity index (χ1) is 9.60. The molecule has 1 aliphatic rings. The summed E-state index contributed by atoms with van der Waals surface area (Å²) in [5.41, 5.74) is 1.72. The van der Waals surface area contributed by atoms with E-state index in [9.17, 15) is 9.59 Å². The van der Waals surface area contributed by atoms with Gasteiger partial charge in [0.05, 0.1) is 5.92 Å². The van der Waals surface area contributed by atoms with Crippen LogP contribution in [0.5, 0.6) is 0 Å². The highest BCUT2D eigenvalue weighted by molar-refractivity contribution is 5.93. The van der Waals surface area contributed by atoms with Crippen LogP contribution in [-0.4, -0.2) is 28.7 Å². The van der Waals surface area contributed by atoms with Crippen LogP contribution in [0.25, 0.3) is 0 Å². The number of aliphatic hydroxyl groups excluding tert-OH is 1. The van der Waals surface area contributed by atoms with Crippen LogP contribution in [-0.2, 0) is 16.0 Å². The Morgan fingerprint density at radius 3 is 2.35 bits per heavy atom. The zero-order valence-corrected chi connectivity index (χ0v) is 11.2. The molecule has 1 aliphatic carbocycles. The highest BCUT2D eigenvalue weighted by Gasteiger charge is 2.33. The van der Waals surface area contributed by atoms with E-state index in [1.165, 1.54) is 0 Å². The van der Waals surface area contributed by atoms with Crippen molar-refractivity contribution >= 4 is 17.6 Å². The molecule has 0 radical (unpaired) electrons. The van der Waals surface area contributed by atoms with E-state index < -0.39 is 11.9 Å². The fraction of sp³-hybridized carbons (Fsp3) is 0.467. The number of aliphatic hydroxyl groups is 1. The molecule has 0 bridgehead atoms. The third-order valence-electron chi connectivity index (χ3n) is 3.77. The number of aliphatic carboxylic acids is 1. The molecule has 0 saturated heterocycles. The van der Waals surface area contributed by atoms with Crippen LogP contribution in [0.15, 0.2) is 24.3 Å². The summed E-state index contributed by atoms with van der Waals surface area (Å²) >= 11 is 0. The van der Waals surface area contributed by atoms with Gasteiger partial charge in [-0.15, -0.1) is 0 Å². The molecule has 0 aliphatic heterocycles. The fourth-order valence-electron chi connectivity index (χ4n) is 2.57. The minimum Gasteiger partial charge on any atom is -0.481 e. The first-order valence-corrected chi connectivity index (χ1v) is 6.83. The van der Waals surface area contributed by atoms with Gasteiger partial charge >= 0.3 is 5.97 Å². The predicted molar refractivity (Wildman–Crippen MR) is 74.3 cm³/mol. The number of hydrogen-bond acceptors (Lipinski definition) is 3. The van der Waals surface area contributed by atoms with Crippen molar-refractivity contribution in [2.24, 2.45) is 11.8 Å². The van der Waals surface area contributed by atoms with Crippen LogP contribution in [0.3, 0.4) is 0 Å². The summed E-state index contributed by atoms with van der Waals surface area (Å²) in [4.78, 5) is 22.9. The van der Waals surface area contributed by atoms with Gasteiger partial charge in [-0.1, -0.05) is 12.1 Å². The normalized spacial score (nSPS) is 21.6. The Bertz CT molecular complexity index is 483. The molecule has 1 fully saturated rings. The van der Waals surface area contributed by atoms with Gasteiger partial charge in [-0.25, -0.2) is 0 Å². The van der Waals surface area contributed by atoms with Crippen LogP contribution in [0, 0.1) is 11.8 Å². The third-order valence-corrected chi connectivity index (χ3v) is 3.77. The summed E-state index contributed by atoms with van der Waals surface area (Å²) in [7, 11) is 0. The van der Waals surface area contributed by atoms with Gasteiger partial charge in [-0.3, -0.25) is 9.59 Å². The van der Waals surface area contributed by atoms with Gasteiger partial charge in [0, 0.05) is 18.2 Å². The summed E-state index contributed by atoms with van der Waals surface area (Å²) in [5, 5.41) is 20.6. The first kappa shape index (κ1) is 14.5. The van der Waals surface area contributed by atoms with E-state index in [-0.39, 0.29) is 18.4 Å². The summed E-state index contributed by atoms with van der Waals surface area (Å²) in [6, 6.07) is 7.32. The lowest BCUT2D eigenvalue weighted by Crippen LogP contribution is -2.21. The van der Waals surface area contributed by atoms with E-state index >= 15 is 0 Å². The van der Waals surface area contributed by atoms with Crippen molar-refractivity contribution in [1.82, 2.24) is 0 Å². The number of carboxylic acid groups (broad SMARTS) is 1. The fourth-order valence-corrected chi connectivity index (χ4v) is 2.57. The molecule has 108 valence electrons. The summed E-state index contributed by atoms with van der Waals surface area (Å²) in [6.45, 7) is 0.102. The molecule has 1 aromatic rings. The number of benzene rings is 1. The van der Waals surface area contributed by atoms with Crippen LogP contribution >= 0.6 is 0 Å². The molecule has 1 aromatic carbocycles. The Morgan fingerprint density at radius 2 is 1.80 bits per heavy atom. The van der Waals surface area contributed by atoms with Crippen molar-refractivity contribution in [3.05, 3.63) is 29.8 Å². The van der Waals surface area contributed by atoms with Gasteiger partial charge in [0.25, 0.3) is 0 Å². The van der Waals surface area contributed by atoms with E-state index in [0.717, 1.165) is 5.56 Å². The number of rotatable bonds is 5. The Hall–Kier alpha value is -1.88. The van der Waals surface area contributed by atoms with Gasteiger partial charge in [-0.2, -0.15) is 0 Å². The summed E-state index contributed by atoms with van der Waals surface area (Å²) in [6.07, 6.45) is 2.22. The maximum atomic E-state index is 12.0. The molecule has 2 unspecified atom stereocenters. The lowest BCUT2D eigenvalue weighted by atomic mass is 10.0. The molecule has 0 heterocycles. The van der Waals surface area contributed by atoms with Crippen molar-refractivity contribution in [2.45, 2.75) is 25.7 Å². The van der Waals surface area contributed by atoms with E-state index in [2.05, 4.69) is 5.32 Å². The molecule has 20 heavy (non-hydrogen) atoms. The van der Waals surface area contributed by atoms with E-state index in [1.807, 2.05) is 12.1 Å². The van der Waals surface area contributed by atoms with Gasteiger partial charge < -0.3 is 15.5 Å². The summed E-state index contributed by atoms with van der Waals surface area (Å²) < 4.78 is 0. The van der Waals surface area contributed by atoms with Crippen LogP contribution in [0.2, 0.25) is 0 Å². The largest absolute Gasteiger partial charge is 0.481 e. The average molecular weight is 277 g/mol. The Balaban J connectivity index is 1.90. The van der Waals surface area contributed by atoms with E-state index in [4.69, 9.17) is 10.2 Å². The molecular weight excluding hydrogens is 258 g/mol. The number of carbonyl (C=O) groups is 2. The number of hydrogen-bond donors (Lipinski definition) is 3. The second kappa shape index (κ2) is 6.52. The zero-order chi connectivity index (χ0) is 14.5. The predicted octanol–water partition coefficient (Wildman–Crippen LogP) is 1.66. The topological polar surface area (TPSA) is 86.6 Å². The lowest BCUT2D eigenvalue weighted by Gasteiger charge is -2.11. The van der Waals surface area contributed by atoms with Gasteiger partial charge in [0.1, 0.15) is 0 Å². The van der Waals surface area contributed by atoms with Crippen molar-refractivity contribution in [3.8, 4) is 0 Å². The Morgan fingerprint density at radius 1 is 1.15 bits per heavy atom. The lowest BCUT2D eigenvalue weighted by molar-refractivity contribution is -0.141. The van der Waals surface area contributed by atoms with Crippen LogP contribution in [0.4, 0.5) is 5.69 Å². The van der Waals surface area contributed by atoms with Crippen molar-refractivity contribution in [3.63, 3.8) is 0 Å². The summed E-state index contributed by atoms with van der Waals surface area (Å²) in [5.74, 6) is -1.52. The second-order valence-corrected chi connectivity index (χ2v) is 5.20.